The average Bonchev–Trinajstić information content (AvgIpc) is 3.18. The number of hydrogen-bond acceptors (Lipinski definition) is 4. The van der Waals surface area contributed by atoms with Gasteiger partial charge >= 0.3 is 0 Å². The van der Waals surface area contributed by atoms with Gasteiger partial charge in [-0.25, -0.2) is 0 Å². The van der Waals surface area contributed by atoms with E-state index in [2.05, 4.69) is 37.2 Å². The van der Waals surface area contributed by atoms with E-state index in [1.54, 1.807) is 18.5 Å². The first-order valence-electron chi connectivity index (χ1n) is 8.95. The van der Waals surface area contributed by atoms with E-state index in [0.29, 0.717) is 13.2 Å². The Morgan fingerprint density at radius 2 is 2.15 bits per heavy atom. The zero-order valence-electron chi connectivity index (χ0n) is 15.6. The fourth-order valence-corrected chi connectivity index (χ4v) is 2.91. The largest absolute Gasteiger partial charge is 0.489 e. The summed E-state index contributed by atoms with van der Waals surface area (Å²) in [5, 5.41) is 1.03. The Kier molecular flexibility index (Phi) is 5.89. The Hall–Kier alpha value is -3.11. The highest BCUT2D eigenvalue weighted by molar-refractivity contribution is 5.93. The predicted molar refractivity (Wildman–Crippen MR) is 110 cm³/mol. The molecule has 0 aliphatic heterocycles. The number of nitrogens with zero attached hydrogens (tertiary/aromatic N) is 1. The normalized spacial score (nSPS) is 11.6. The monoisotopic (exact) mass is 360 g/mol. The van der Waals surface area contributed by atoms with Crippen molar-refractivity contribution in [2.24, 2.45) is 5.73 Å². The minimum absolute atomic E-state index is 0.396. The lowest BCUT2D eigenvalue weighted by Gasteiger charge is -2.13. The topological polar surface area (TPSA) is 61.3 Å². The SMILES string of the molecule is C=C/C=C(/OCc1cc(-c2ccnc(CN)c2)c2occc2c1)C(=C)CC. The van der Waals surface area contributed by atoms with Crippen LogP contribution < -0.4 is 5.73 Å². The molecule has 1 aromatic carbocycles. The molecule has 0 fully saturated rings. The van der Waals surface area contributed by atoms with E-state index >= 15 is 0 Å². The number of fused-ring (bicyclic) bond motifs is 1. The molecule has 0 bridgehead atoms. The maximum Gasteiger partial charge on any atom is 0.141 e. The minimum atomic E-state index is 0.396. The molecular formula is C23H24N2O2. The van der Waals surface area contributed by atoms with Crippen LogP contribution in [-0.2, 0) is 17.9 Å². The van der Waals surface area contributed by atoms with E-state index in [1.165, 1.54) is 0 Å². The fourth-order valence-electron chi connectivity index (χ4n) is 2.91. The van der Waals surface area contributed by atoms with Gasteiger partial charge in [0.15, 0.2) is 0 Å². The molecule has 138 valence electrons. The Morgan fingerprint density at radius 1 is 1.30 bits per heavy atom. The molecule has 27 heavy (non-hydrogen) atoms. The van der Waals surface area contributed by atoms with E-state index in [-0.39, 0.29) is 0 Å². The summed E-state index contributed by atoms with van der Waals surface area (Å²) in [6.45, 7) is 10.7. The highest BCUT2D eigenvalue weighted by Crippen LogP contribution is 2.32. The van der Waals surface area contributed by atoms with Crippen LogP contribution in [0.4, 0.5) is 0 Å². The maximum atomic E-state index is 6.01. The Morgan fingerprint density at radius 3 is 2.89 bits per heavy atom. The van der Waals surface area contributed by atoms with Crippen molar-refractivity contribution in [2.75, 3.05) is 0 Å². The summed E-state index contributed by atoms with van der Waals surface area (Å²) in [6, 6.07) is 10.1. The molecule has 4 heteroatoms. The predicted octanol–water partition coefficient (Wildman–Crippen LogP) is 5.51. The molecule has 0 aliphatic carbocycles. The van der Waals surface area contributed by atoms with Gasteiger partial charge in [-0.15, -0.1) is 0 Å². The first kappa shape index (κ1) is 18.7. The van der Waals surface area contributed by atoms with Crippen molar-refractivity contribution in [3.63, 3.8) is 0 Å². The van der Waals surface area contributed by atoms with E-state index < -0.39 is 0 Å². The number of rotatable bonds is 8. The molecule has 0 saturated carbocycles. The lowest BCUT2D eigenvalue weighted by Crippen LogP contribution is -1.99. The molecule has 0 atom stereocenters. The number of hydrogen-bond donors (Lipinski definition) is 1. The summed E-state index contributed by atoms with van der Waals surface area (Å²) in [5.74, 6) is 0.760. The van der Waals surface area contributed by atoms with Crippen molar-refractivity contribution in [3.8, 4) is 11.1 Å². The molecule has 4 nitrogen and oxygen atoms in total. The molecule has 0 saturated heterocycles. The maximum absolute atomic E-state index is 6.01. The number of nitrogens with two attached hydrogens (primary N) is 1. The van der Waals surface area contributed by atoms with Gasteiger partial charge in [-0.1, -0.05) is 26.2 Å². The summed E-state index contributed by atoms with van der Waals surface area (Å²) in [5.41, 5.74) is 11.4. The van der Waals surface area contributed by atoms with Gasteiger partial charge in [-0.3, -0.25) is 4.98 Å². The van der Waals surface area contributed by atoms with Crippen LogP contribution >= 0.6 is 0 Å². The second-order valence-corrected chi connectivity index (χ2v) is 6.23. The second-order valence-electron chi connectivity index (χ2n) is 6.23. The van der Waals surface area contributed by atoms with Crippen LogP contribution in [0.5, 0.6) is 0 Å². The number of benzene rings is 1. The van der Waals surface area contributed by atoms with Crippen LogP contribution in [0.3, 0.4) is 0 Å². The van der Waals surface area contributed by atoms with Gasteiger partial charge in [-0.2, -0.15) is 0 Å². The standard InChI is InChI=1S/C23H24N2O2/c1-4-6-22(16(3)5-2)27-15-17-11-19-8-10-26-23(19)21(12-17)18-7-9-25-20(13-18)14-24/h4,6-13H,1,3,5,14-15,24H2,2H3/b22-6+. The van der Waals surface area contributed by atoms with E-state index in [0.717, 1.165) is 51.1 Å². The second kappa shape index (κ2) is 8.52. The van der Waals surface area contributed by atoms with Crippen molar-refractivity contribution < 1.29 is 9.15 Å². The van der Waals surface area contributed by atoms with Crippen LogP contribution in [0.1, 0.15) is 24.6 Å². The summed E-state index contributed by atoms with van der Waals surface area (Å²) < 4.78 is 11.7. The molecule has 3 aromatic rings. The molecule has 0 spiro atoms. The molecule has 2 heterocycles. The third-order valence-electron chi connectivity index (χ3n) is 4.39. The lowest BCUT2D eigenvalue weighted by atomic mass is 10.0. The molecule has 0 amide bonds. The molecule has 2 N–H and O–H groups in total. The first-order valence-corrected chi connectivity index (χ1v) is 8.95. The number of furan rings is 1. The summed E-state index contributed by atoms with van der Waals surface area (Å²) in [7, 11) is 0. The Balaban J connectivity index is 1.97. The van der Waals surface area contributed by atoms with Gasteiger partial charge in [-0.05, 0) is 59.5 Å². The molecular weight excluding hydrogens is 336 g/mol. The van der Waals surface area contributed by atoms with Crippen LogP contribution in [0.2, 0.25) is 0 Å². The van der Waals surface area contributed by atoms with Gasteiger partial charge in [0, 0.05) is 23.7 Å². The van der Waals surface area contributed by atoms with E-state index in [9.17, 15) is 0 Å². The van der Waals surface area contributed by atoms with Gasteiger partial charge in [0.05, 0.1) is 12.0 Å². The summed E-state index contributed by atoms with van der Waals surface area (Å²) in [4.78, 5) is 4.28. The third kappa shape index (κ3) is 4.18. The number of ether oxygens (including phenoxy) is 1. The van der Waals surface area contributed by atoms with Gasteiger partial charge < -0.3 is 14.9 Å². The molecule has 3 rings (SSSR count). The quantitative estimate of drug-likeness (QED) is 0.425. The van der Waals surface area contributed by atoms with Crippen molar-refractivity contribution in [1.29, 1.82) is 0 Å². The van der Waals surface area contributed by atoms with Crippen LogP contribution in [0.15, 0.2) is 83.9 Å². The molecule has 2 aromatic heterocycles. The fraction of sp³-hybridized carbons (Fsp3) is 0.174. The van der Waals surface area contributed by atoms with E-state index in [4.69, 9.17) is 14.9 Å². The van der Waals surface area contributed by atoms with Gasteiger partial charge in [0.25, 0.3) is 0 Å². The van der Waals surface area contributed by atoms with Crippen molar-refractivity contribution in [2.45, 2.75) is 26.5 Å². The first-order chi connectivity index (χ1) is 13.2. The van der Waals surface area contributed by atoms with E-state index in [1.807, 2.05) is 24.3 Å². The third-order valence-corrected chi connectivity index (χ3v) is 4.39. The average molecular weight is 360 g/mol. The highest BCUT2D eigenvalue weighted by Gasteiger charge is 2.11. The van der Waals surface area contributed by atoms with Crippen LogP contribution in [0, 0.1) is 0 Å². The number of allylic oxidation sites excluding steroid dienone is 3. The zero-order chi connectivity index (χ0) is 19.2. The van der Waals surface area contributed by atoms with Gasteiger partial charge in [0.1, 0.15) is 17.9 Å². The number of pyridine rings is 1. The highest BCUT2D eigenvalue weighted by atomic mass is 16.5. The molecule has 0 aliphatic rings. The van der Waals surface area contributed by atoms with Crippen molar-refractivity contribution >= 4 is 11.0 Å². The Labute approximate surface area is 159 Å². The lowest BCUT2D eigenvalue weighted by molar-refractivity contribution is 0.206. The van der Waals surface area contributed by atoms with Crippen molar-refractivity contribution in [3.05, 3.63) is 90.7 Å². The smallest absolute Gasteiger partial charge is 0.141 e. The molecule has 0 radical (unpaired) electrons. The zero-order valence-corrected chi connectivity index (χ0v) is 15.6. The Bertz CT molecular complexity index is 999. The van der Waals surface area contributed by atoms with Crippen molar-refractivity contribution in [1.82, 2.24) is 4.98 Å². The summed E-state index contributed by atoms with van der Waals surface area (Å²) in [6.07, 6.45) is 7.85. The van der Waals surface area contributed by atoms with Gasteiger partial charge in [0.2, 0.25) is 0 Å². The minimum Gasteiger partial charge on any atom is -0.489 e. The summed E-state index contributed by atoms with van der Waals surface area (Å²) >= 11 is 0. The molecule has 0 unspecified atom stereocenters. The van der Waals surface area contributed by atoms with Crippen LogP contribution in [0.25, 0.3) is 22.1 Å². The number of aromatic nitrogens is 1. The van der Waals surface area contributed by atoms with Crippen LogP contribution in [-0.4, -0.2) is 4.98 Å².